The van der Waals surface area contributed by atoms with E-state index in [0.717, 1.165) is 16.2 Å². The highest BCUT2D eigenvalue weighted by Crippen LogP contribution is 2.40. The number of fused-ring (bicyclic) bond motifs is 1. The minimum atomic E-state index is -1.30. The first-order valence-electron chi connectivity index (χ1n) is 8.57. The molecule has 1 aromatic rings. The zero-order valence-electron chi connectivity index (χ0n) is 15.9. The van der Waals surface area contributed by atoms with Crippen molar-refractivity contribution < 1.29 is 39.0 Å². The van der Waals surface area contributed by atoms with E-state index in [1.54, 1.807) is 0 Å². The Kier molecular flexibility index (Phi) is 6.77. The van der Waals surface area contributed by atoms with Gasteiger partial charge in [0.15, 0.2) is 10.8 Å². The van der Waals surface area contributed by atoms with E-state index in [9.17, 15) is 24.3 Å². The van der Waals surface area contributed by atoms with E-state index in [4.69, 9.17) is 15.6 Å². The monoisotopic (exact) mass is 471 g/mol. The number of thiazole rings is 1. The smallest absolute Gasteiger partial charge is 0.352 e. The number of β-lactam (4-membered cyclic amide) rings is 1. The third-order valence-corrected chi connectivity index (χ3v) is 6.19. The summed E-state index contributed by atoms with van der Waals surface area (Å²) >= 11 is 2.30. The molecular weight excluding hydrogens is 454 g/mol. The van der Waals surface area contributed by atoms with Crippen molar-refractivity contribution in [3.8, 4) is 0 Å². The predicted molar refractivity (Wildman–Crippen MR) is 108 cm³/mol. The Labute approximate surface area is 182 Å². The van der Waals surface area contributed by atoms with Crippen LogP contribution in [0.3, 0.4) is 0 Å². The van der Waals surface area contributed by atoms with Crippen LogP contribution in [0.15, 0.2) is 21.8 Å². The first-order valence-corrected chi connectivity index (χ1v) is 10.5. The zero-order valence-corrected chi connectivity index (χ0v) is 17.6. The molecule has 1 unspecified atom stereocenters. The van der Waals surface area contributed by atoms with E-state index in [0.29, 0.717) is 11.3 Å². The number of nitrogens with two attached hydrogens (primary N) is 1. The summed E-state index contributed by atoms with van der Waals surface area (Å²) in [6.07, 6.45) is 0. The average Bonchev–Trinajstić information content (AvgIpc) is 3.14. The van der Waals surface area contributed by atoms with Crippen LogP contribution < -0.4 is 11.1 Å². The summed E-state index contributed by atoms with van der Waals surface area (Å²) in [5.41, 5.74) is 5.54. The van der Waals surface area contributed by atoms with Gasteiger partial charge in [-0.15, -0.1) is 23.1 Å². The average molecular weight is 471 g/mol. The van der Waals surface area contributed by atoms with Gasteiger partial charge in [0.1, 0.15) is 22.8 Å². The van der Waals surface area contributed by atoms with Gasteiger partial charge in [-0.25, -0.2) is 14.6 Å². The number of aromatic nitrogens is 1. The SMILES string of the molecule is COCC1=C(C(=O)O)N2C(=O)C(NC(=O)/C(=N/OCC(=O)O)c3csc(N)n3)[C@H]2SC1. The highest BCUT2D eigenvalue weighted by atomic mass is 32.2. The highest BCUT2D eigenvalue weighted by Gasteiger charge is 2.54. The van der Waals surface area contributed by atoms with Gasteiger partial charge in [0, 0.05) is 18.2 Å². The van der Waals surface area contributed by atoms with Crippen LogP contribution in [0.2, 0.25) is 0 Å². The molecule has 1 fully saturated rings. The number of rotatable bonds is 9. The summed E-state index contributed by atoms with van der Waals surface area (Å²) < 4.78 is 5.00. The van der Waals surface area contributed by atoms with Crippen LogP contribution in [-0.2, 0) is 28.8 Å². The lowest BCUT2D eigenvalue weighted by molar-refractivity contribution is -0.150. The van der Waals surface area contributed by atoms with Crippen molar-refractivity contribution in [3.05, 3.63) is 22.3 Å². The minimum absolute atomic E-state index is 0.0406. The Morgan fingerprint density at radius 3 is 2.74 bits per heavy atom. The Morgan fingerprint density at radius 1 is 1.42 bits per heavy atom. The Balaban J connectivity index is 1.78. The molecule has 2 amide bonds. The first-order chi connectivity index (χ1) is 14.7. The van der Waals surface area contributed by atoms with Gasteiger partial charge in [-0.2, -0.15) is 0 Å². The highest BCUT2D eigenvalue weighted by molar-refractivity contribution is 8.00. The molecule has 1 saturated heterocycles. The fourth-order valence-electron chi connectivity index (χ4n) is 2.93. The van der Waals surface area contributed by atoms with Crippen molar-refractivity contribution in [3.63, 3.8) is 0 Å². The standard InChI is InChI=1S/C16H17N5O8S2/c1-28-2-6-4-30-14-10(13(25)21(14)11(6)15(26)27)19-12(24)9(20-29-3-8(22)23)7-5-31-16(17)18-7/h5,10,14H,2-4H2,1H3,(H2,17,18)(H,19,24)(H,22,23)(H,26,27)/b20-9+/t10?,14-/m1/s1. The first kappa shape index (κ1) is 22.5. The number of carbonyl (C=O) groups excluding carboxylic acids is 2. The zero-order chi connectivity index (χ0) is 22.7. The maximum absolute atomic E-state index is 12.8. The molecule has 0 aliphatic carbocycles. The van der Waals surface area contributed by atoms with Crippen LogP contribution in [0.4, 0.5) is 5.13 Å². The molecule has 2 aliphatic rings. The number of anilines is 1. The number of hydrogen-bond acceptors (Lipinski definition) is 11. The number of ether oxygens (including phenoxy) is 1. The van der Waals surface area contributed by atoms with E-state index in [1.165, 1.54) is 24.3 Å². The fraction of sp³-hybridized carbons (Fsp3) is 0.375. The van der Waals surface area contributed by atoms with E-state index in [-0.39, 0.29) is 28.8 Å². The van der Waals surface area contributed by atoms with Gasteiger partial charge in [-0.3, -0.25) is 14.5 Å². The molecule has 166 valence electrons. The van der Waals surface area contributed by atoms with Gasteiger partial charge in [-0.1, -0.05) is 5.16 Å². The molecule has 3 rings (SSSR count). The topological polar surface area (TPSA) is 194 Å². The number of nitrogen functional groups attached to an aromatic ring is 1. The predicted octanol–water partition coefficient (Wildman–Crippen LogP) is -1.08. The maximum Gasteiger partial charge on any atom is 0.352 e. The quantitative estimate of drug-likeness (QED) is 0.194. The molecule has 13 nitrogen and oxygen atoms in total. The van der Waals surface area contributed by atoms with Crippen molar-refractivity contribution in [2.45, 2.75) is 11.4 Å². The number of amides is 2. The Hall–Kier alpha value is -3.17. The summed E-state index contributed by atoms with van der Waals surface area (Å²) in [6.45, 7) is -0.731. The number of nitrogens with one attached hydrogen (secondary N) is 1. The molecule has 0 bridgehead atoms. The van der Waals surface area contributed by atoms with E-state index in [1.807, 2.05) is 0 Å². The van der Waals surface area contributed by atoms with Gasteiger partial charge >= 0.3 is 11.9 Å². The van der Waals surface area contributed by atoms with E-state index >= 15 is 0 Å². The molecule has 2 atom stereocenters. The van der Waals surface area contributed by atoms with Crippen LogP contribution in [0.1, 0.15) is 5.69 Å². The molecule has 0 saturated carbocycles. The third kappa shape index (κ3) is 4.62. The summed E-state index contributed by atoms with van der Waals surface area (Å²) in [4.78, 5) is 57.4. The largest absolute Gasteiger partial charge is 0.479 e. The lowest BCUT2D eigenvalue weighted by Crippen LogP contribution is -2.71. The molecule has 0 spiro atoms. The molecule has 0 radical (unpaired) electrons. The van der Waals surface area contributed by atoms with Crippen LogP contribution in [0, 0.1) is 0 Å². The number of methoxy groups -OCH3 is 1. The third-order valence-electron chi connectivity index (χ3n) is 4.18. The van der Waals surface area contributed by atoms with Gasteiger partial charge in [-0.05, 0) is 5.57 Å². The summed E-state index contributed by atoms with van der Waals surface area (Å²) in [6, 6.07) is -1.02. The maximum atomic E-state index is 12.8. The number of carbonyl (C=O) groups is 4. The summed E-state index contributed by atoms with van der Waals surface area (Å²) in [5.74, 6) is -3.72. The van der Waals surface area contributed by atoms with Crippen molar-refractivity contribution in [2.24, 2.45) is 5.16 Å². The normalized spacial score (nSPS) is 20.7. The van der Waals surface area contributed by atoms with Crippen molar-refractivity contribution in [2.75, 3.05) is 31.8 Å². The van der Waals surface area contributed by atoms with Gasteiger partial charge in [0.25, 0.3) is 11.8 Å². The molecule has 3 heterocycles. The Morgan fingerprint density at radius 2 is 2.16 bits per heavy atom. The second-order valence-electron chi connectivity index (χ2n) is 6.23. The number of nitrogens with zero attached hydrogens (tertiary/aromatic N) is 3. The molecule has 0 aromatic carbocycles. The van der Waals surface area contributed by atoms with Crippen LogP contribution >= 0.6 is 23.1 Å². The molecule has 5 N–H and O–H groups in total. The number of oxime groups is 1. The number of aliphatic carboxylic acids is 2. The van der Waals surface area contributed by atoms with Crippen LogP contribution in [0.25, 0.3) is 0 Å². The minimum Gasteiger partial charge on any atom is -0.479 e. The second-order valence-corrected chi connectivity index (χ2v) is 8.22. The van der Waals surface area contributed by atoms with Crippen LogP contribution in [0.5, 0.6) is 0 Å². The van der Waals surface area contributed by atoms with Crippen molar-refractivity contribution >= 4 is 57.7 Å². The fourth-order valence-corrected chi connectivity index (χ4v) is 4.81. The van der Waals surface area contributed by atoms with Gasteiger partial charge in [0.2, 0.25) is 6.61 Å². The molecule has 2 aliphatic heterocycles. The van der Waals surface area contributed by atoms with Gasteiger partial charge < -0.3 is 30.8 Å². The second kappa shape index (κ2) is 9.32. The molecule has 15 heteroatoms. The number of carboxylic acids is 2. The van der Waals surface area contributed by atoms with E-state index in [2.05, 4.69) is 20.3 Å². The lowest BCUT2D eigenvalue weighted by atomic mass is 10.0. The Bertz CT molecular complexity index is 990. The van der Waals surface area contributed by atoms with Crippen molar-refractivity contribution in [1.82, 2.24) is 15.2 Å². The number of carboxylic acid groups (broad SMARTS) is 2. The molecular formula is C16H17N5O8S2. The molecule has 31 heavy (non-hydrogen) atoms. The number of hydrogen-bond donors (Lipinski definition) is 4. The summed E-state index contributed by atoms with van der Waals surface area (Å²) in [7, 11) is 1.42. The van der Waals surface area contributed by atoms with Crippen molar-refractivity contribution in [1.29, 1.82) is 0 Å². The lowest BCUT2D eigenvalue weighted by Gasteiger charge is -2.49. The van der Waals surface area contributed by atoms with E-state index < -0.39 is 41.8 Å². The van der Waals surface area contributed by atoms with Crippen LogP contribution in [-0.4, -0.2) is 87.1 Å². The number of thioether (sulfide) groups is 1. The summed E-state index contributed by atoms with van der Waals surface area (Å²) in [5, 5.41) is 25.1. The molecule has 1 aromatic heterocycles. The van der Waals surface area contributed by atoms with Gasteiger partial charge in [0.05, 0.1) is 6.61 Å².